The molecule has 5 fully saturated rings. The number of likely N-dealkylation sites (tertiary alicyclic amines) is 1. The number of esters is 1. The van der Waals surface area contributed by atoms with Gasteiger partial charge in [-0.3, -0.25) is 4.79 Å². The van der Waals surface area contributed by atoms with Crippen molar-refractivity contribution in [2.24, 2.45) is 52.3 Å². The minimum Gasteiger partial charge on any atom is -0.462 e. The molecule has 218 valence electrons. The molecule has 0 aromatic carbocycles. The molecule has 38 heavy (non-hydrogen) atoms. The van der Waals surface area contributed by atoms with E-state index in [1.165, 1.54) is 83.5 Å². The van der Waals surface area contributed by atoms with Gasteiger partial charge in [-0.1, -0.05) is 60.3 Å². The molecule has 5 rings (SSSR count). The average molecular weight is 528 g/mol. The third-order valence-corrected chi connectivity index (χ3v) is 13.2. The van der Waals surface area contributed by atoms with E-state index in [1.807, 2.05) is 0 Å². The molecule has 0 radical (unpaired) electrons. The Morgan fingerprint density at radius 1 is 0.868 bits per heavy atom. The van der Waals surface area contributed by atoms with Gasteiger partial charge in [-0.05, 0) is 136 Å². The molecule has 5 aliphatic rings. The molecular weight excluding hydrogens is 466 g/mol. The molecule has 3 heteroatoms. The SMILES string of the molecule is CC(C)CCC[C@@H](C)[C@H]1CC[C@H]2[C@@H]3CCC4C[C@@H](OC(=O)CCN5CCCCC5)CC[C@]4(C)[C@H]3CC[C@]12C. The monoisotopic (exact) mass is 527 g/mol. The van der Waals surface area contributed by atoms with E-state index in [0.717, 1.165) is 73.9 Å². The minimum absolute atomic E-state index is 0.0609. The second kappa shape index (κ2) is 12.1. The van der Waals surface area contributed by atoms with Crippen LogP contribution >= 0.6 is 0 Å². The van der Waals surface area contributed by atoms with Crippen LogP contribution in [-0.2, 0) is 9.53 Å². The fourth-order valence-corrected chi connectivity index (χ4v) is 11.0. The van der Waals surface area contributed by atoms with Crippen LogP contribution in [0.4, 0.5) is 0 Å². The standard InChI is InChI=1S/C35H61NO2/c1-25(2)10-9-11-26(3)30-14-15-31-29-13-12-27-24-28(38-33(37)18-23-36-21-7-6-8-22-36)16-19-34(27,4)32(29)17-20-35(30,31)5/h25-32H,6-24H2,1-5H3/t26-,27?,28+,29+,30-,31+,32+,34+,35-/m1/s1. The predicted molar refractivity (Wildman–Crippen MR) is 158 cm³/mol. The van der Waals surface area contributed by atoms with Crippen molar-refractivity contribution in [2.45, 2.75) is 143 Å². The predicted octanol–water partition coefficient (Wildman–Crippen LogP) is 8.90. The lowest BCUT2D eigenvalue weighted by Gasteiger charge is -2.61. The highest BCUT2D eigenvalue weighted by atomic mass is 16.5. The highest BCUT2D eigenvalue weighted by Crippen LogP contribution is 2.68. The molecule has 0 spiro atoms. The zero-order valence-electron chi connectivity index (χ0n) is 25.8. The van der Waals surface area contributed by atoms with E-state index < -0.39 is 0 Å². The van der Waals surface area contributed by atoms with Crippen LogP contribution in [0.3, 0.4) is 0 Å². The number of fused-ring (bicyclic) bond motifs is 5. The number of nitrogens with zero attached hydrogens (tertiary/aromatic N) is 1. The fraction of sp³-hybridized carbons (Fsp3) is 0.971. The summed E-state index contributed by atoms with van der Waals surface area (Å²) in [6.07, 6.45) is 21.2. The van der Waals surface area contributed by atoms with Crippen molar-refractivity contribution >= 4 is 5.97 Å². The summed E-state index contributed by atoms with van der Waals surface area (Å²) < 4.78 is 6.12. The first kappa shape index (κ1) is 28.9. The van der Waals surface area contributed by atoms with Crippen LogP contribution in [-0.4, -0.2) is 36.6 Å². The number of carbonyl (C=O) groups excluding carboxylic acids is 1. The number of hydrogen-bond acceptors (Lipinski definition) is 3. The van der Waals surface area contributed by atoms with Crippen molar-refractivity contribution in [3.8, 4) is 0 Å². The Morgan fingerprint density at radius 2 is 1.61 bits per heavy atom. The number of piperidine rings is 1. The van der Waals surface area contributed by atoms with Gasteiger partial charge in [0.2, 0.25) is 0 Å². The van der Waals surface area contributed by atoms with Crippen LogP contribution in [0.2, 0.25) is 0 Å². The lowest BCUT2D eigenvalue weighted by Crippen LogP contribution is -2.54. The summed E-state index contributed by atoms with van der Waals surface area (Å²) in [4.78, 5) is 15.2. The van der Waals surface area contributed by atoms with Crippen molar-refractivity contribution in [1.82, 2.24) is 4.90 Å². The lowest BCUT2D eigenvalue weighted by molar-refractivity contribution is -0.163. The summed E-state index contributed by atoms with van der Waals surface area (Å²) in [5, 5.41) is 0. The Balaban J connectivity index is 1.14. The Morgan fingerprint density at radius 3 is 2.37 bits per heavy atom. The first-order chi connectivity index (χ1) is 18.2. The Kier molecular flexibility index (Phi) is 9.23. The van der Waals surface area contributed by atoms with Crippen molar-refractivity contribution in [3.63, 3.8) is 0 Å². The molecule has 3 nitrogen and oxygen atoms in total. The first-order valence-electron chi connectivity index (χ1n) is 17.1. The van der Waals surface area contributed by atoms with Crippen molar-refractivity contribution in [1.29, 1.82) is 0 Å². The van der Waals surface area contributed by atoms with Crippen molar-refractivity contribution in [2.75, 3.05) is 19.6 Å². The van der Waals surface area contributed by atoms with Gasteiger partial charge in [0.1, 0.15) is 6.10 Å². The molecule has 9 atom stereocenters. The van der Waals surface area contributed by atoms with Gasteiger partial charge < -0.3 is 9.64 Å². The van der Waals surface area contributed by atoms with Crippen LogP contribution in [0.15, 0.2) is 0 Å². The summed E-state index contributed by atoms with van der Waals surface area (Å²) in [6.45, 7) is 16.0. The molecule has 1 saturated heterocycles. The lowest BCUT2D eigenvalue weighted by atomic mass is 9.44. The summed E-state index contributed by atoms with van der Waals surface area (Å²) >= 11 is 0. The normalized spacial score (nSPS) is 42.3. The molecule has 1 unspecified atom stereocenters. The zero-order valence-corrected chi connectivity index (χ0v) is 25.8. The van der Waals surface area contributed by atoms with E-state index in [-0.39, 0.29) is 12.1 Å². The maximum Gasteiger partial charge on any atom is 0.307 e. The molecule has 1 aliphatic heterocycles. The van der Waals surface area contributed by atoms with Crippen LogP contribution in [0.25, 0.3) is 0 Å². The van der Waals surface area contributed by atoms with Gasteiger partial charge in [-0.2, -0.15) is 0 Å². The van der Waals surface area contributed by atoms with Crippen LogP contribution in [0, 0.1) is 52.3 Å². The van der Waals surface area contributed by atoms with E-state index in [9.17, 15) is 4.79 Å². The van der Waals surface area contributed by atoms with Gasteiger partial charge in [0.05, 0.1) is 6.42 Å². The van der Waals surface area contributed by atoms with Gasteiger partial charge in [-0.15, -0.1) is 0 Å². The molecule has 0 amide bonds. The van der Waals surface area contributed by atoms with E-state index >= 15 is 0 Å². The molecule has 4 aliphatic carbocycles. The van der Waals surface area contributed by atoms with Gasteiger partial charge in [0.15, 0.2) is 0 Å². The maximum atomic E-state index is 12.7. The number of hydrogen-bond donors (Lipinski definition) is 0. The molecule has 0 aromatic heterocycles. The van der Waals surface area contributed by atoms with Gasteiger partial charge >= 0.3 is 5.97 Å². The van der Waals surface area contributed by atoms with Crippen molar-refractivity contribution in [3.05, 3.63) is 0 Å². The summed E-state index contributed by atoms with van der Waals surface area (Å²) in [5.41, 5.74) is 1.06. The van der Waals surface area contributed by atoms with Crippen molar-refractivity contribution < 1.29 is 9.53 Å². The van der Waals surface area contributed by atoms with Crippen LogP contribution in [0.1, 0.15) is 137 Å². The Hall–Kier alpha value is -0.570. The molecule has 4 saturated carbocycles. The van der Waals surface area contributed by atoms with Gasteiger partial charge in [-0.25, -0.2) is 0 Å². The highest BCUT2D eigenvalue weighted by molar-refractivity contribution is 5.69. The second-order valence-electron chi connectivity index (χ2n) is 15.7. The van der Waals surface area contributed by atoms with E-state index in [4.69, 9.17) is 4.74 Å². The molecular formula is C35H61NO2. The first-order valence-corrected chi connectivity index (χ1v) is 17.1. The molecule has 1 heterocycles. The number of carbonyl (C=O) groups is 1. The smallest absolute Gasteiger partial charge is 0.307 e. The third kappa shape index (κ3) is 5.89. The zero-order chi connectivity index (χ0) is 26.9. The fourth-order valence-electron chi connectivity index (χ4n) is 11.0. The third-order valence-electron chi connectivity index (χ3n) is 13.2. The number of ether oxygens (including phenoxy) is 1. The molecule has 0 aromatic rings. The summed E-state index contributed by atoms with van der Waals surface area (Å²) in [6, 6.07) is 0. The number of rotatable bonds is 9. The molecule has 0 bridgehead atoms. The molecule has 0 N–H and O–H groups in total. The Bertz CT molecular complexity index is 789. The minimum atomic E-state index is 0.0609. The summed E-state index contributed by atoms with van der Waals surface area (Å²) in [7, 11) is 0. The van der Waals surface area contributed by atoms with Crippen LogP contribution < -0.4 is 0 Å². The van der Waals surface area contributed by atoms with Gasteiger partial charge in [0, 0.05) is 6.54 Å². The summed E-state index contributed by atoms with van der Waals surface area (Å²) in [5.74, 6) is 6.33. The highest BCUT2D eigenvalue weighted by Gasteiger charge is 2.60. The van der Waals surface area contributed by atoms with E-state index in [0.29, 0.717) is 17.3 Å². The maximum absolute atomic E-state index is 12.7. The van der Waals surface area contributed by atoms with Gasteiger partial charge in [0.25, 0.3) is 0 Å². The topological polar surface area (TPSA) is 29.5 Å². The quantitative estimate of drug-likeness (QED) is 0.280. The Labute approximate surface area is 235 Å². The average Bonchev–Trinajstić information content (AvgIpc) is 3.25. The van der Waals surface area contributed by atoms with E-state index in [1.54, 1.807) is 0 Å². The second-order valence-corrected chi connectivity index (χ2v) is 15.7. The van der Waals surface area contributed by atoms with Crippen LogP contribution in [0.5, 0.6) is 0 Å². The largest absolute Gasteiger partial charge is 0.462 e. The van der Waals surface area contributed by atoms with E-state index in [2.05, 4.69) is 39.5 Å².